The molecule has 0 amide bonds. The molecule has 0 N–H and O–H groups in total. The van der Waals surface area contributed by atoms with Gasteiger partial charge in [-0.2, -0.15) is 0 Å². The molecule has 2 rings (SSSR count). The van der Waals surface area contributed by atoms with Crippen LogP contribution < -0.4 is 0 Å². The third kappa shape index (κ3) is 2.63. The van der Waals surface area contributed by atoms with Crippen LogP contribution in [0.5, 0.6) is 0 Å². The molecule has 0 saturated heterocycles. The first kappa shape index (κ1) is 12.9. The van der Waals surface area contributed by atoms with E-state index in [1.807, 2.05) is 0 Å². The van der Waals surface area contributed by atoms with Crippen molar-refractivity contribution in [3.05, 3.63) is 45.7 Å². The summed E-state index contributed by atoms with van der Waals surface area (Å²) in [5.41, 5.74) is 0.864. The summed E-state index contributed by atoms with van der Waals surface area (Å²) in [6.45, 7) is 0.336. The van der Waals surface area contributed by atoms with Gasteiger partial charge in [-0.25, -0.2) is 9.48 Å². The van der Waals surface area contributed by atoms with Crippen molar-refractivity contribution in [1.29, 1.82) is 0 Å². The second-order valence-electron chi connectivity index (χ2n) is 3.49. The van der Waals surface area contributed by atoms with Gasteiger partial charge in [-0.3, -0.25) is 0 Å². The second kappa shape index (κ2) is 5.37. The number of methoxy groups -OCH3 is 1. The number of hydrogen-bond acceptors (Lipinski definition) is 4. The Labute approximate surface area is 113 Å². The van der Waals surface area contributed by atoms with Gasteiger partial charge in [0.05, 0.1) is 19.9 Å². The van der Waals surface area contributed by atoms with Crippen LogP contribution in [-0.4, -0.2) is 28.1 Å². The van der Waals surface area contributed by atoms with Crippen LogP contribution in [0.15, 0.2) is 24.4 Å². The second-order valence-corrected chi connectivity index (χ2v) is 4.31. The summed E-state index contributed by atoms with van der Waals surface area (Å²) in [7, 11) is 1.28. The SMILES string of the molecule is COC(=O)c1cn(Cc2c(Cl)cccc2Cl)nn1. The number of benzene rings is 1. The molecule has 0 atom stereocenters. The highest BCUT2D eigenvalue weighted by atomic mass is 35.5. The smallest absolute Gasteiger partial charge is 0.360 e. The van der Waals surface area contributed by atoms with Crippen molar-refractivity contribution in [3.63, 3.8) is 0 Å². The zero-order chi connectivity index (χ0) is 13.1. The molecule has 0 radical (unpaired) electrons. The normalized spacial score (nSPS) is 10.4. The van der Waals surface area contributed by atoms with E-state index in [-0.39, 0.29) is 5.69 Å². The van der Waals surface area contributed by atoms with Gasteiger partial charge in [-0.15, -0.1) is 5.10 Å². The van der Waals surface area contributed by atoms with E-state index in [9.17, 15) is 4.79 Å². The van der Waals surface area contributed by atoms with Crippen LogP contribution in [0.3, 0.4) is 0 Å². The van der Waals surface area contributed by atoms with Crippen LogP contribution >= 0.6 is 23.2 Å². The fourth-order valence-corrected chi connectivity index (χ4v) is 1.94. The summed E-state index contributed by atoms with van der Waals surface area (Å²) >= 11 is 12.1. The average Bonchev–Trinajstić information content (AvgIpc) is 2.81. The van der Waals surface area contributed by atoms with Crippen LogP contribution in [0.25, 0.3) is 0 Å². The number of nitrogens with zero attached hydrogens (tertiary/aromatic N) is 3. The van der Waals surface area contributed by atoms with Crippen molar-refractivity contribution in [3.8, 4) is 0 Å². The standard InChI is InChI=1S/C11H9Cl2N3O2/c1-18-11(17)10-6-16(15-14-10)5-7-8(12)3-2-4-9(7)13/h2-4,6H,5H2,1H3. The zero-order valence-electron chi connectivity index (χ0n) is 9.43. The van der Waals surface area contributed by atoms with Crippen molar-refractivity contribution in [2.75, 3.05) is 7.11 Å². The van der Waals surface area contributed by atoms with Gasteiger partial charge >= 0.3 is 5.97 Å². The largest absolute Gasteiger partial charge is 0.464 e. The van der Waals surface area contributed by atoms with Crippen LogP contribution in [0.2, 0.25) is 10.0 Å². The van der Waals surface area contributed by atoms with E-state index in [2.05, 4.69) is 15.0 Å². The third-order valence-electron chi connectivity index (χ3n) is 2.31. The topological polar surface area (TPSA) is 57.0 Å². The summed E-state index contributed by atoms with van der Waals surface area (Å²) in [5.74, 6) is -0.536. The van der Waals surface area contributed by atoms with Gasteiger partial charge in [0.2, 0.25) is 0 Å². The minimum Gasteiger partial charge on any atom is -0.464 e. The lowest BCUT2D eigenvalue weighted by molar-refractivity contribution is 0.0594. The number of hydrogen-bond donors (Lipinski definition) is 0. The van der Waals surface area contributed by atoms with Crippen molar-refractivity contribution in [2.24, 2.45) is 0 Å². The van der Waals surface area contributed by atoms with Crippen molar-refractivity contribution >= 4 is 29.2 Å². The van der Waals surface area contributed by atoms with Crippen molar-refractivity contribution in [1.82, 2.24) is 15.0 Å². The number of carbonyl (C=O) groups is 1. The van der Waals surface area contributed by atoms with Crippen LogP contribution in [-0.2, 0) is 11.3 Å². The molecule has 2 aromatic rings. The Morgan fingerprint density at radius 2 is 2.06 bits per heavy atom. The fraction of sp³-hybridized carbons (Fsp3) is 0.182. The lowest BCUT2D eigenvalue weighted by atomic mass is 10.2. The highest BCUT2D eigenvalue weighted by molar-refractivity contribution is 6.35. The lowest BCUT2D eigenvalue weighted by Crippen LogP contribution is -2.02. The molecule has 0 fully saturated rings. The van der Waals surface area contributed by atoms with E-state index < -0.39 is 5.97 Å². The number of esters is 1. The highest BCUT2D eigenvalue weighted by Crippen LogP contribution is 2.24. The van der Waals surface area contributed by atoms with Crippen LogP contribution in [0, 0.1) is 0 Å². The van der Waals surface area contributed by atoms with Gasteiger partial charge in [0.1, 0.15) is 0 Å². The monoisotopic (exact) mass is 285 g/mol. The molecule has 1 aromatic heterocycles. The van der Waals surface area contributed by atoms with Crippen molar-refractivity contribution < 1.29 is 9.53 Å². The van der Waals surface area contributed by atoms with E-state index in [1.165, 1.54) is 18.0 Å². The molecule has 0 aliphatic heterocycles. The summed E-state index contributed by atoms with van der Waals surface area (Å²) < 4.78 is 6.01. The van der Waals surface area contributed by atoms with Crippen LogP contribution in [0.1, 0.15) is 16.1 Å². The molecule has 0 saturated carbocycles. The van der Waals surface area contributed by atoms with Gasteiger partial charge in [-0.1, -0.05) is 34.5 Å². The molecule has 18 heavy (non-hydrogen) atoms. The van der Waals surface area contributed by atoms with E-state index in [4.69, 9.17) is 23.2 Å². The van der Waals surface area contributed by atoms with E-state index in [0.717, 1.165) is 5.56 Å². The molecule has 0 unspecified atom stereocenters. The molecule has 7 heteroatoms. The fourth-order valence-electron chi connectivity index (χ4n) is 1.42. The molecular formula is C11H9Cl2N3O2. The van der Waals surface area contributed by atoms with Crippen molar-refractivity contribution in [2.45, 2.75) is 6.54 Å². The molecule has 1 heterocycles. The summed E-state index contributed by atoms with van der Waals surface area (Å²) in [6.07, 6.45) is 1.48. The van der Waals surface area contributed by atoms with Gasteiger partial charge < -0.3 is 4.74 Å². The Morgan fingerprint density at radius 1 is 1.39 bits per heavy atom. The van der Waals surface area contributed by atoms with Gasteiger partial charge in [0, 0.05) is 15.6 Å². The quantitative estimate of drug-likeness (QED) is 0.813. The Balaban J connectivity index is 2.24. The summed E-state index contributed by atoms with van der Waals surface area (Å²) in [5, 5.41) is 8.58. The molecule has 5 nitrogen and oxygen atoms in total. The number of carbonyl (C=O) groups excluding carboxylic acids is 1. The molecule has 0 spiro atoms. The first-order chi connectivity index (χ1) is 8.61. The lowest BCUT2D eigenvalue weighted by Gasteiger charge is -2.05. The Bertz CT molecular complexity index is 563. The molecule has 0 aliphatic carbocycles. The maximum Gasteiger partial charge on any atom is 0.360 e. The Kier molecular flexibility index (Phi) is 3.84. The predicted octanol–water partition coefficient (Wildman–Crippen LogP) is 2.42. The first-order valence-electron chi connectivity index (χ1n) is 5.03. The molecular weight excluding hydrogens is 277 g/mol. The summed E-state index contributed by atoms with van der Waals surface area (Å²) in [6, 6.07) is 5.23. The number of aromatic nitrogens is 3. The maximum atomic E-state index is 11.2. The number of halogens is 2. The Hall–Kier alpha value is -1.59. The molecule has 0 bridgehead atoms. The Morgan fingerprint density at radius 3 is 2.67 bits per heavy atom. The van der Waals surface area contributed by atoms with Crippen LogP contribution in [0.4, 0.5) is 0 Å². The van der Waals surface area contributed by atoms with Gasteiger partial charge in [0.15, 0.2) is 5.69 Å². The number of ether oxygens (including phenoxy) is 1. The summed E-state index contributed by atoms with van der Waals surface area (Å²) in [4.78, 5) is 11.2. The van der Waals surface area contributed by atoms with Gasteiger partial charge in [-0.05, 0) is 12.1 Å². The third-order valence-corrected chi connectivity index (χ3v) is 3.02. The predicted molar refractivity (Wildman–Crippen MR) is 66.9 cm³/mol. The molecule has 1 aromatic carbocycles. The van der Waals surface area contributed by atoms with E-state index >= 15 is 0 Å². The molecule has 0 aliphatic rings. The zero-order valence-corrected chi connectivity index (χ0v) is 10.9. The van der Waals surface area contributed by atoms with E-state index in [0.29, 0.717) is 16.6 Å². The van der Waals surface area contributed by atoms with E-state index in [1.54, 1.807) is 18.2 Å². The maximum absolute atomic E-state index is 11.2. The first-order valence-corrected chi connectivity index (χ1v) is 5.78. The number of rotatable bonds is 3. The minimum atomic E-state index is -0.536. The van der Waals surface area contributed by atoms with Gasteiger partial charge in [0.25, 0.3) is 0 Å². The average molecular weight is 286 g/mol. The highest BCUT2D eigenvalue weighted by Gasteiger charge is 2.12. The minimum absolute atomic E-state index is 0.140. The molecule has 94 valence electrons.